The Balaban J connectivity index is 1.33. The van der Waals surface area contributed by atoms with E-state index in [1.165, 1.54) is 0 Å². The number of hydrogen-bond acceptors (Lipinski definition) is 5. The average molecular weight is 457 g/mol. The largest absolute Gasteiger partial charge is 0.423 e. The number of amides is 2. The van der Waals surface area contributed by atoms with Gasteiger partial charge in [-0.05, 0) is 66.3 Å². The van der Waals surface area contributed by atoms with Gasteiger partial charge in [0.05, 0.1) is 0 Å². The number of nitrogens with two attached hydrogens (primary N) is 1. The molecule has 0 saturated carbocycles. The maximum absolute atomic E-state index is 12.4. The van der Waals surface area contributed by atoms with Gasteiger partial charge in [-0.1, -0.05) is 43.3 Å². The summed E-state index contributed by atoms with van der Waals surface area (Å²) in [6, 6.07) is 21.7. The van der Waals surface area contributed by atoms with E-state index in [0.29, 0.717) is 30.9 Å². The van der Waals surface area contributed by atoms with Crippen LogP contribution in [0.3, 0.4) is 0 Å². The molecule has 4 rings (SSSR count). The summed E-state index contributed by atoms with van der Waals surface area (Å²) in [5.74, 6) is -0.356. The van der Waals surface area contributed by atoms with Crippen molar-refractivity contribution >= 4 is 40.3 Å². The molecule has 0 fully saturated rings. The van der Waals surface area contributed by atoms with E-state index in [1.54, 1.807) is 0 Å². The second-order valence-corrected chi connectivity index (χ2v) is 8.50. The Hall–Kier alpha value is -4.13. The Kier molecular flexibility index (Phi) is 6.92. The molecule has 2 amide bonds. The van der Waals surface area contributed by atoms with Crippen LogP contribution in [-0.4, -0.2) is 16.8 Å². The predicted molar refractivity (Wildman–Crippen MR) is 134 cm³/mol. The van der Waals surface area contributed by atoms with Gasteiger partial charge in [0, 0.05) is 24.2 Å². The first-order valence-corrected chi connectivity index (χ1v) is 11.3. The summed E-state index contributed by atoms with van der Waals surface area (Å²) in [5.41, 5.74) is 11.5. The number of fused-ring (bicyclic) bond motifs is 1. The van der Waals surface area contributed by atoms with Crippen molar-refractivity contribution in [3.63, 3.8) is 0 Å². The van der Waals surface area contributed by atoms with Crippen LogP contribution in [0.5, 0.6) is 0 Å². The highest BCUT2D eigenvalue weighted by molar-refractivity contribution is 5.91. The summed E-state index contributed by atoms with van der Waals surface area (Å²) in [5, 5.41) is 6.13. The fourth-order valence-electron chi connectivity index (χ4n) is 3.80. The van der Waals surface area contributed by atoms with Gasteiger partial charge in [0.1, 0.15) is 5.52 Å². The van der Waals surface area contributed by atoms with Crippen molar-refractivity contribution in [2.45, 2.75) is 39.0 Å². The number of hydrogen-bond donors (Lipinski definition) is 3. The molecular formula is C27H28N4O3. The van der Waals surface area contributed by atoms with E-state index in [0.717, 1.165) is 33.6 Å². The summed E-state index contributed by atoms with van der Waals surface area (Å²) >= 11 is 0. The van der Waals surface area contributed by atoms with E-state index in [4.69, 9.17) is 10.2 Å². The highest BCUT2D eigenvalue weighted by atomic mass is 16.4. The lowest BCUT2D eigenvalue weighted by molar-refractivity contribution is -0.118. The molecule has 0 saturated heterocycles. The summed E-state index contributed by atoms with van der Waals surface area (Å²) < 4.78 is 5.87. The zero-order valence-corrected chi connectivity index (χ0v) is 19.3. The Morgan fingerprint density at radius 2 is 1.82 bits per heavy atom. The minimum absolute atomic E-state index is 0.0423. The highest BCUT2D eigenvalue weighted by Gasteiger charge is 2.11. The van der Waals surface area contributed by atoms with Gasteiger partial charge in [0.2, 0.25) is 11.8 Å². The van der Waals surface area contributed by atoms with Crippen LogP contribution >= 0.6 is 0 Å². The molecule has 1 unspecified atom stereocenters. The quantitative estimate of drug-likeness (QED) is 0.311. The van der Waals surface area contributed by atoms with Gasteiger partial charge in [-0.2, -0.15) is 4.98 Å². The lowest BCUT2D eigenvalue weighted by atomic mass is 9.97. The predicted octanol–water partition coefficient (Wildman–Crippen LogP) is 5.43. The monoisotopic (exact) mass is 456 g/mol. The molecule has 0 aliphatic carbocycles. The minimum atomic E-state index is -0.327. The maximum Gasteiger partial charge on any atom is 0.300 e. The number of oxazole rings is 1. The zero-order chi connectivity index (χ0) is 24.1. The second-order valence-electron chi connectivity index (χ2n) is 8.50. The average Bonchev–Trinajstić information content (AvgIpc) is 3.21. The van der Waals surface area contributed by atoms with Crippen LogP contribution in [-0.2, 0) is 16.0 Å². The first kappa shape index (κ1) is 23.0. The van der Waals surface area contributed by atoms with Crippen LogP contribution in [0.2, 0.25) is 0 Å². The molecule has 4 N–H and O–H groups in total. The number of carbonyl (C=O) groups is 2. The van der Waals surface area contributed by atoms with Crippen molar-refractivity contribution in [3.8, 4) is 0 Å². The third-order valence-corrected chi connectivity index (χ3v) is 5.75. The number of primary amides is 1. The molecule has 0 bridgehead atoms. The normalized spacial score (nSPS) is 11.8. The SMILES string of the molecule is Cc1ccccc1Nc1nc2ccc(CCC(=O)Nc3ccc(C(C)CC(N)=O)cc3)cc2o1. The van der Waals surface area contributed by atoms with Gasteiger partial charge in [-0.25, -0.2) is 0 Å². The maximum atomic E-state index is 12.4. The van der Waals surface area contributed by atoms with Gasteiger partial charge in [0.15, 0.2) is 5.58 Å². The molecular weight excluding hydrogens is 428 g/mol. The van der Waals surface area contributed by atoms with Crippen molar-refractivity contribution in [3.05, 3.63) is 83.4 Å². The number of aryl methyl sites for hydroxylation is 2. The fourth-order valence-corrected chi connectivity index (χ4v) is 3.80. The molecule has 1 aromatic heterocycles. The Labute approximate surface area is 198 Å². The van der Waals surface area contributed by atoms with Gasteiger partial charge < -0.3 is 20.8 Å². The van der Waals surface area contributed by atoms with Crippen molar-refractivity contribution in [2.24, 2.45) is 5.73 Å². The Bertz CT molecular complexity index is 1310. The smallest absolute Gasteiger partial charge is 0.300 e. The molecule has 7 nitrogen and oxygen atoms in total. The summed E-state index contributed by atoms with van der Waals surface area (Å²) in [6.07, 6.45) is 1.22. The molecule has 7 heteroatoms. The minimum Gasteiger partial charge on any atom is -0.423 e. The summed E-state index contributed by atoms with van der Waals surface area (Å²) in [7, 11) is 0. The molecule has 0 aliphatic heterocycles. The van der Waals surface area contributed by atoms with Crippen LogP contribution < -0.4 is 16.4 Å². The number of carbonyl (C=O) groups excluding carboxylic acids is 2. The third-order valence-electron chi connectivity index (χ3n) is 5.75. The summed E-state index contributed by atoms with van der Waals surface area (Å²) in [4.78, 5) is 28.0. The molecule has 1 atom stereocenters. The molecule has 174 valence electrons. The van der Waals surface area contributed by atoms with Gasteiger partial charge in [-0.15, -0.1) is 0 Å². The molecule has 34 heavy (non-hydrogen) atoms. The molecule has 0 aliphatic rings. The first-order valence-electron chi connectivity index (χ1n) is 11.3. The van der Waals surface area contributed by atoms with Crippen molar-refractivity contribution < 1.29 is 14.0 Å². The molecule has 0 spiro atoms. The van der Waals surface area contributed by atoms with Crippen molar-refractivity contribution in [1.82, 2.24) is 4.98 Å². The van der Waals surface area contributed by atoms with Crippen LogP contribution in [0.4, 0.5) is 17.4 Å². The number of benzene rings is 3. The number of para-hydroxylation sites is 1. The van der Waals surface area contributed by atoms with E-state index >= 15 is 0 Å². The van der Waals surface area contributed by atoms with E-state index in [-0.39, 0.29) is 17.7 Å². The highest BCUT2D eigenvalue weighted by Crippen LogP contribution is 2.25. The Morgan fingerprint density at radius 1 is 1.06 bits per heavy atom. The number of aromatic nitrogens is 1. The Morgan fingerprint density at radius 3 is 2.56 bits per heavy atom. The lowest BCUT2D eigenvalue weighted by Crippen LogP contribution is -2.14. The van der Waals surface area contributed by atoms with Crippen molar-refractivity contribution in [1.29, 1.82) is 0 Å². The second kappa shape index (κ2) is 10.2. The van der Waals surface area contributed by atoms with E-state index < -0.39 is 0 Å². The van der Waals surface area contributed by atoms with Crippen molar-refractivity contribution in [2.75, 3.05) is 10.6 Å². The third kappa shape index (κ3) is 5.81. The van der Waals surface area contributed by atoms with Crippen LogP contribution in [0.1, 0.15) is 42.4 Å². The lowest BCUT2D eigenvalue weighted by Gasteiger charge is -2.11. The zero-order valence-electron chi connectivity index (χ0n) is 19.3. The van der Waals surface area contributed by atoms with Gasteiger partial charge in [0.25, 0.3) is 6.01 Å². The van der Waals surface area contributed by atoms with E-state index in [9.17, 15) is 9.59 Å². The summed E-state index contributed by atoms with van der Waals surface area (Å²) in [6.45, 7) is 3.97. The van der Waals surface area contributed by atoms with Crippen LogP contribution in [0, 0.1) is 6.92 Å². The van der Waals surface area contributed by atoms with Gasteiger partial charge >= 0.3 is 0 Å². The fraction of sp³-hybridized carbons (Fsp3) is 0.222. The molecule has 4 aromatic rings. The first-order chi connectivity index (χ1) is 16.4. The van der Waals surface area contributed by atoms with Crippen LogP contribution in [0.25, 0.3) is 11.1 Å². The van der Waals surface area contributed by atoms with E-state index in [2.05, 4.69) is 15.6 Å². The molecule has 1 heterocycles. The van der Waals surface area contributed by atoms with E-state index in [1.807, 2.05) is 80.6 Å². The van der Waals surface area contributed by atoms with Crippen LogP contribution in [0.15, 0.2) is 71.1 Å². The number of anilines is 3. The molecule has 3 aromatic carbocycles. The van der Waals surface area contributed by atoms with Gasteiger partial charge in [-0.3, -0.25) is 9.59 Å². The topological polar surface area (TPSA) is 110 Å². The number of nitrogens with zero attached hydrogens (tertiary/aromatic N) is 1. The molecule has 0 radical (unpaired) electrons. The number of rotatable bonds is 9. The standard InChI is InChI=1S/C27H28N4O3/c1-17-5-3-4-6-22(17)30-27-31-23-13-7-19(16-24(23)34-27)8-14-26(33)29-21-11-9-20(10-12-21)18(2)15-25(28)32/h3-7,9-13,16,18H,8,14-15H2,1-2H3,(H2,28,32)(H,29,33)(H,30,31). The number of nitrogens with one attached hydrogen (secondary N) is 2.